The first-order valence-corrected chi connectivity index (χ1v) is 9.42. The van der Waals surface area contributed by atoms with Gasteiger partial charge in [-0.2, -0.15) is 0 Å². The van der Waals surface area contributed by atoms with E-state index >= 15 is 0 Å². The van der Waals surface area contributed by atoms with Crippen LogP contribution in [0.3, 0.4) is 0 Å². The molecule has 0 aromatic carbocycles. The van der Waals surface area contributed by atoms with Crippen LogP contribution in [-0.2, 0) is 10.0 Å². The number of sulfonamides is 1. The number of rotatable bonds is 12. The predicted molar refractivity (Wildman–Crippen MR) is 83.4 cm³/mol. The van der Waals surface area contributed by atoms with E-state index in [0.717, 1.165) is 32.5 Å². The molecule has 0 aliphatic rings. The fraction of sp³-hybridized carbons (Fsp3) is 1.00. The van der Waals surface area contributed by atoms with Crippen LogP contribution in [0.15, 0.2) is 0 Å². The summed E-state index contributed by atoms with van der Waals surface area (Å²) in [5, 5.41) is 0. The van der Waals surface area contributed by atoms with Gasteiger partial charge in [-0.1, -0.05) is 20.8 Å². The highest BCUT2D eigenvalue weighted by Gasteiger charge is 2.19. The van der Waals surface area contributed by atoms with Crippen LogP contribution in [0.5, 0.6) is 0 Å². The SMILES string of the molecule is CCN(CC)CCCN(CC)S(=O)(=O)CCCCCl. The van der Waals surface area contributed by atoms with Gasteiger partial charge in [0.1, 0.15) is 0 Å². The molecule has 0 aliphatic heterocycles. The van der Waals surface area contributed by atoms with E-state index in [1.54, 1.807) is 4.31 Å². The summed E-state index contributed by atoms with van der Waals surface area (Å²) < 4.78 is 25.8. The summed E-state index contributed by atoms with van der Waals surface area (Å²) in [6.07, 6.45) is 2.31. The Kier molecular flexibility index (Phi) is 11.0. The molecule has 0 rings (SSSR count). The van der Waals surface area contributed by atoms with Gasteiger partial charge in [0.2, 0.25) is 10.0 Å². The van der Waals surface area contributed by atoms with Gasteiger partial charge in [-0.05, 0) is 38.9 Å². The van der Waals surface area contributed by atoms with Gasteiger partial charge >= 0.3 is 0 Å². The summed E-state index contributed by atoms with van der Waals surface area (Å²) in [5.74, 6) is 0.752. The van der Waals surface area contributed by atoms with E-state index in [0.29, 0.717) is 25.4 Å². The third kappa shape index (κ3) is 8.12. The van der Waals surface area contributed by atoms with Crippen molar-refractivity contribution in [1.82, 2.24) is 9.21 Å². The molecule has 0 aromatic rings. The van der Waals surface area contributed by atoms with E-state index in [-0.39, 0.29) is 5.75 Å². The summed E-state index contributed by atoms with van der Waals surface area (Å²) in [5.41, 5.74) is 0. The fourth-order valence-electron chi connectivity index (χ4n) is 2.01. The van der Waals surface area contributed by atoms with Gasteiger partial charge in [0.05, 0.1) is 5.75 Å². The van der Waals surface area contributed by atoms with Crippen molar-refractivity contribution in [3.8, 4) is 0 Å². The monoisotopic (exact) mass is 312 g/mol. The van der Waals surface area contributed by atoms with Crippen molar-refractivity contribution in [1.29, 1.82) is 0 Å². The van der Waals surface area contributed by atoms with E-state index < -0.39 is 10.0 Å². The second-order valence-electron chi connectivity index (χ2n) is 4.58. The van der Waals surface area contributed by atoms with Crippen molar-refractivity contribution in [3.05, 3.63) is 0 Å². The summed E-state index contributed by atoms with van der Waals surface area (Å²) in [7, 11) is -3.10. The number of hydrogen-bond donors (Lipinski definition) is 0. The van der Waals surface area contributed by atoms with Gasteiger partial charge < -0.3 is 4.90 Å². The lowest BCUT2D eigenvalue weighted by molar-refractivity contribution is 0.285. The van der Waals surface area contributed by atoms with Crippen molar-refractivity contribution in [2.75, 3.05) is 44.4 Å². The molecule has 116 valence electrons. The number of nitrogens with zero attached hydrogens (tertiary/aromatic N) is 2. The molecular formula is C13H29ClN2O2S. The molecule has 19 heavy (non-hydrogen) atoms. The van der Waals surface area contributed by atoms with Crippen LogP contribution in [0.4, 0.5) is 0 Å². The average Bonchev–Trinajstić information content (AvgIpc) is 2.39. The first-order chi connectivity index (χ1) is 9.01. The molecule has 0 N–H and O–H groups in total. The Morgan fingerprint density at radius 3 is 2.00 bits per heavy atom. The number of alkyl halides is 1. The zero-order valence-electron chi connectivity index (χ0n) is 12.6. The molecule has 0 bridgehead atoms. The van der Waals surface area contributed by atoms with Crippen molar-refractivity contribution < 1.29 is 8.42 Å². The highest BCUT2D eigenvalue weighted by Crippen LogP contribution is 2.07. The van der Waals surface area contributed by atoms with Crippen LogP contribution in [0.2, 0.25) is 0 Å². The van der Waals surface area contributed by atoms with Crippen molar-refractivity contribution in [3.63, 3.8) is 0 Å². The zero-order chi connectivity index (χ0) is 14.7. The number of halogens is 1. The van der Waals surface area contributed by atoms with Gasteiger partial charge in [-0.25, -0.2) is 12.7 Å². The van der Waals surface area contributed by atoms with Gasteiger partial charge in [0.25, 0.3) is 0 Å². The minimum absolute atomic E-state index is 0.221. The lowest BCUT2D eigenvalue weighted by atomic mass is 10.3. The largest absolute Gasteiger partial charge is 0.304 e. The first-order valence-electron chi connectivity index (χ1n) is 7.27. The summed E-state index contributed by atoms with van der Waals surface area (Å²) >= 11 is 5.58. The molecule has 0 radical (unpaired) electrons. The van der Waals surface area contributed by atoms with Crippen molar-refractivity contribution >= 4 is 21.6 Å². The second kappa shape index (κ2) is 10.9. The molecule has 0 unspecified atom stereocenters. The molecule has 0 fully saturated rings. The molecule has 0 saturated heterocycles. The van der Waals surface area contributed by atoms with Crippen molar-refractivity contribution in [2.24, 2.45) is 0 Å². The van der Waals surface area contributed by atoms with E-state index in [1.807, 2.05) is 6.92 Å². The van der Waals surface area contributed by atoms with Crippen LogP contribution in [0, 0.1) is 0 Å². The van der Waals surface area contributed by atoms with Gasteiger partial charge in [0.15, 0.2) is 0 Å². The quantitative estimate of drug-likeness (QED) is 0.410. The van der Waals surface area contributed by atoms with Crippen LogP contribution in [-0.4, -0.2) is 62.0 Å². The molecule has 0 atom stereocenters. The molecule has 0 heterocycles. The highest BCUT2D eigenvalue weighted by atomic mass is 35.5. The molecule has 0 aliphatic carbocycles. The second-order valence-corrected chi connectivity index (χ2v) is 7.05. The minimum Gasteiger partial charge on any atom is -0.304 e. The minimum atomic E-state index is -3.10. The van der Waals surface area contributed by atoms with E-state index in [9.17, 15) is 8.42 Å². The van der Waals surface area contributed by atoms with Gasteiger partial charge in [0, 0.05) is 19.0 Å². The smallest absolute Gasteiger partial charge is 0.214 e. The Hall–Kier alpha value is 0.160. The Morgan fingerprint density at radius 2 is 1.53 bits per heavy atom. The average molecular weight is 313 g/mol. The van der Waals surface area contributed by atoms with Gasteiger partial charge in [-0.15, -0.1) is 11.6 Å². The van der Waals surface area contributed by atoms with Crippen LogP contribution in [0.1, 0.15) is 40.0 Å². The predicted octanol–water partition coefficient (Wildman–Crippen LogP) is 2.39. The molecule has 6 heteroatoms. The number of unbranched alkanes of at least 4 members (excludes halogenated alkanes) is 1. The standard InChI is InChI=1S/C13H29ClN2O2S/c1-4-15(5-2)11-9-12-16(6-3)19(17,18)13-8-7-10-14/h4-13H2,1-3H3. The first kappa shape index (κ1) is 19.2. The zero-order valence-corrected chi connectivity index (χ0v) is 14.1. The normalized spacial score (nSPS) is 12.5. The molecule has 0 amide bonds. The highest BCUT2D eigenvalue weighted by molar-refractivity contribution is 7.89. The van der Waals surface area contributed by atoms with Crippen molar-refractivity contribution in [2.45, 2.75) is 40.0 Å². The summed E-state index contributed by atoms with van der Waals surface area (Å²) in [4.78, 5) is 2.31. The lowest BCUT2D eigenvalue weighted by Gasteiger charge is -2.23. The fourth-order valence-corrected chi connectivity index (χ4v) is 3.83. The molecule has 0 spiro atoms. The van der Waals surface area contributed by atoms with E-state index in [1.165, 1.54) is 0 Å². The van der Waals surface area contributed by atoms with E-state index in [4.69, 9.17) is 11.6 Å². The Labute approximate surface area is 124 Å². The third-order valence-corrected chi connectivity index (χ3v) is 5.61. The molecule has 0 saturated carbocycles. The van der Waals surface area contributed by atoms with Crippen LogP contribution < -0.4 is 0 Å². The Bertz CT molecular complexity index is 306. The molecule has 4 nitrogen and oxygen atoms in total. The Morgan fingerprint density at radius 1 is 0.895 bits per heavy atom. The molecule has 0 aromatic heterocycles. The molecular weight excluding hydrogens is 284 g/mol. The maximum absolute atomic E-state index is 12.1. The lowest BCUT2D eigenvalue weighted by Crippen LogP contribution is -2.35. The maximum atomic E-state index is 12.1. The third-order valence-electron chi connectivity index (χ3n) is 3.31. The Balaban J connectivity index is 4.17. The van der Waals surface area contributed by atoms with E-state index in [2.05, 4.69) is 18.7 Å². The summed E-state index contributed by atoms with van der Waals surface area (Å²) in [6.45, 7) is 10.3. The van der Waals surface area contributed by atoms with Crippen LogP contribution in [0.25, 0.3) is 0 Å². The van der Waals surface area contributed by atoms with Gasteiger partial charge in [-0.3, -0.25) is 0 Å². The summed E-state index contributed by atoms with van der Waals surface area (Å²) in [6, 6.07) is 0. The topological polar surface area (TPSA) is 40.6 Å². The number of hydrogen-bond acceptors (Lipinski definition) is 3. The van der Waals surface area contributed by atoms with Crippen LogP contribution >= 0.6 is 11.6 Å². The maximum Gasteiger partial charge on any atom is 0.214 e.